The Labute approximate surface area is 192 Å². The highest BCUT2D eigenvalue weighted by atomic mass is 79.9. The molecule has 7 heteroatoms. The number of ether oxygens (including phenoxy) is 4. The summed E-state index contributed by atoms with van der Waals surface area (Å²) in [4.78, 5) is 25.2. The molecule has 0 spiro atoms. The first kappa shape index (κ1) is 22.7. The molecule has 0 unspecified atom stereocenters. The number of halogens is 1. The first-order valence-electron chi connectivity index (χ1n) is 11.4. The van der Waals surface area contributed by atoms with E-state index in [4.69, 9.17) is 18.9 Å². The van der Waals surface area contributed by atoms with Gasteiger partial charge in [0.15, 0.2) is 12.4 Å². The standard InChI is InChI=1S/C24H31BrO6/c1-2-8-20(26)29-19-13-16-17(22(19)25)14-18(16)30-24(27)23(15-9-4-3-5-10-15)31-21-11-6-7-12-28-21/h3-5,9-10,16-19,21-23H,2,6-8,11-14H2,1H3/t16-,17-,18+,19+,21+,22+,23-/m1/s1. The molecule has 2 aliphatic carbocycles. The maximum absolute atomic E-state index is 13.1. The summed E-state index contributed by atoms with van der Waals surface area (Å²) in [5.41, 5.74) is 0.772. The van der Waals surface area contributed by atoms with Crippen molar-refractivity contribution < 1.29 is 28.5 Å². The first-order chi connectivity index (χ1) is 15.1. The molecule has 1 heterocycles. The van der Waals surface area contributed by atoms with Crippen LogP contribution in [0, 0.1) is 11.8 Å². The van der Waals surface area contributed by atoms with Crippen LogP contribution in [-0.2, 0) is 28.5 Å². The van der Waals surface area contributed by atoms with Gasteiger partial charge in [-0.2, -0.15) is 0 Å². The van der Waals surface area contributed by atoms with Gasteiger partial charge < -0.3 is 18.9 Å². The molecule has 7 atom stereocenters. The number of esters is 2. The van der Waals surface area contributed by atoms with Crippen molar-refractivity contribution in [2.45, 2.75) is 81.3 Å². The second kappa shape index (κ2) is 10.5. The van der Waals surface area contributed by atoms with E-state index in [0.717, 1.165) is 44.1 Å². The summed E-state index contributed by atoms with van der Waals surface area (Å²) < 4.78 is 23.3. The minimum atomic E-state index is -0.803. The summed E-state index contributed by atoms with van der Waals surface area (Å²) in [7, 11) is 0. The van der Waals surface area contributed by atoms with E-state index in [9.17, 15) is 9.59 Å². The molecular weight excluding hydrogens is 464 g/mol. The number of rotatable bonds is 8. The molecule has 3 fully saturated rings. The molecule has 2 saturated carbocycles. The Morgan fingerprint density at radius 3 is 2.58 bits per heavy atom. The maximum atomic E-state index is 13.1. The van der Waals surface area contributed by atoms with Crippen LogP contribution in [0.5, 0.6) is 0 Å². The van der Waals surface area contributed by atoms with E-state index < -0.39 is 6.10 Å². The predicted molar refractivity (Wildman–Crippen MR) is 117 cm³/mol. The highest BCUT2D eigenvalue weighted by molar-refractivity contribution is 9.09. The molecule has 3 aliphatic rings. The molecule has 6 nitrogen and oxygen atoms in total. The molecule has 31 heavy (non-hydrogen) atoms. The Bertz CT molecular complexity index is 750. The lowest BCUT2D eigenvalue weighted by Gasteiger charge is -2.41. The van der Waals surface area contributed by atoms with Gasteiger partial charge in [0.2, 0.25) is 0 Å². The zero-order valence-electron chi connectivity index (χ0n) is 17.9. The number of hydrogen-bond donors (Lipinski definition) is 0. The normalized spacial score (nSPS) is 33.1. The third kappa shape index (κ3) is 5.32. The number of benzene rings is 1. The zero-order valence-corrected chi connectivity index (χ0v) is 19.5. The molecule has 1 aromatic carbocycles. The summed E-state index contributed by atoms with van der Waals surface area (Å²) in [5.74, 6) is 0.0308. The summed E-state index contributed by atoms with van der Waals surface area (Å²) in [5, 5.41) is 0. The number of alkyl halides is 1. The fourth-order valence-electron chi connectivity index (χ4n) is 4.82. The van der Waals surface area contributed by atoms with Crippen LogP contribution in [0.3, 0.4) is 0 Å². The molecule has 0 N–H and O–H groups in total. The highest BCUT2D eigenvalue weighted by Gasteiger charge is 2.56. The van der Waals surface area contributed by atoms with Crippen molar-refractivity contribution in [2.75, 3.05) is 6.61 Å². The van der Waals surface area contributed by atoms with E-state index in [1.165, 1.54) is 0 Å². The summed E-state index contributed by atoms with van der Waals surface area (Å²) in [6, 6.07) is 9.45. The van der Waals surface area contributed by atoms with Crippen LogP contribution in [0.15, 0.2) is 30.3 Å². The zero-order chi connectivity index (χ0) is 21.8. The van der Waals surface area contributed by atoms with Gasteiger partial charge in [0.1, 0.15) is 12.2 Å². The third-order valence-corrected chi connectivity index (χ3v) is 7.82. The average molecular weight is 495 g/mol. The van der Waals surface area contributed by atoms with E-state index >= 15 is 0 Å². The van der Waals surface area contributed by atoms with Gasteiger partial charge in [-0.3, -0.25) is 4.79 Å². The Morgan fingerprint density at radius 1 is 1.10 bits per heavy atom. The van der Waals surface area contributed by atoms with E-state index in [0.29, 0.717) is 18.9 Å². The summed E-state index contributed by atoms with van der Waals surface area (Å²) in [6.45, 7) is 2.61. The fourth-order valence-corrected chi connectivity index (χ4v) is 5.76. The van der Waals surface area contributed by atoms with E-state index in [1.807, 2.05) is 37.3 Å². The summed E-state index contributed by atoms with van der Waals surface area (Å²) in [6.07, 6.45) is 4.00. The molecule has 0 amide bonds. The van der Waals surface area contributed by atoms with Crippen LogP contribution in [-0.4, -0.2) is 41.9 Å². The summed E-state index contributed by atoms with van der Waals surface area (Å²) >= 11 is 3.71. The van der Waals surface area contributed by atoms with Crippen molar-refractivity contribution in [1.29, 1.82) is 0 Å². The number of carbonyl (C=O) groups is 2. The molecule has 1 aliphatic heterocycles. The number of carbonyl (C=O) groups excluding carboxylic acids is 2. The Balaban J connectivity index is 1.37. The molecule has 1 aromatic rings. The number of fused-ring (bicyclic) bond motifs is 1. The molecule has 0 aromatic heterocycles. The smallest absolute Gasteiger partial charge is 0.340 e. The SMILES string of the molecule is CCCC(=O)O[C@H]1C[C@@H]2[C@@H](C[C@@H]2OC(=O)[C@H](O[C@H]2CCCCO2)c2ccccc2)[C@@H]1Br. The Kier molecular flexibility index (Phi) is 7.67. The van der Waals surface area contributed by atoms with Crippen LogP contribution < -0.4 is 0 Å². The molecule has 0 radical (unpaired) electrons. The van der Waals surface area contributed by atoms with E-state index in [-0.39, 0.29) is 41.2 Å². The van der Waals surface area contributed by atoms with Gasteiger partial charge in [-0.05, 0) is 50.0 Å². The van der Waals surface area contributed by atoms with Crippen molar-refractivity contribution in [3.05, 3.63) is 35.9 Å². The molecular formula is C24H31BrO6. The van der Waals surface area contributed by atoms with Gasteiger partial charge in [-0.15, -0.1) is 0 Å². The van der Waals surface area contributed by atoms with Crippen molar-refractivity contribution in [3.8, 4) is 0 Å². The van der Waals surface area contributed by atoms with Crippen molar-refractivity contribution in [1.82, 2.24) is 0 Å². The van der Waals surface area contributed by atoms with Gasteiger partial charge >= 0.3 is 11.9 Å². The molecule has 0 bridgehead atoms. The quantitative estimate of drug-likeness (QED) is 0.385. The van der Waals surface area contributed by atoms with Crippen LogP contribution in [0.25, 0.3) is 0 Å². The maximum Gasteiger partial charge on any atom is 0.340 e. The molecule has 170 valence electrons. The highest BCUT2D eigenvalue weighted by Crippen LogP contribution is 2.52. The second-order valence-electron chi connectivity index (χ2n) is 8.72. The largest absolute Gasteiger partial charge is 0.461 e. The van der Waals surface area contributed by atoms with Gasteiger partial charge in [0.25, 0.3) is 0 Å². The third-order valence-electron chi connectivity index (χ3n) is 6.55. The second-order valence-corrected chi connectivity index (χ2v) is 9.78. The van der Waals surface area contributed by atoms with Crippen molar-refractivity contribution in [3.63, 3.8) is 0 Å². The van der Waals surface area contributed by atoms with Crippen molar-refractivity contribution in [2.24, 2.45) is 11.8 Å². The predicted octanol–water partition coefficient (Wildman–Crippen LogP) is 4.70. The van der Waals surface area contributed by atoms with Gasteiger partial charge in [-0.25, -0.2) is 4.79 Å². The van der Waals surface area contributed by atoms with Crippen molar-refractivity contribution >= 4 is 27.9 Å². The van der Waals surface area contributed by atoms with Gasteiger partial charge in [0.05, 0.1) is 4.83 Å². The number of hydrogen-bond acceptors (Lipinski definition) is 6. The minimum absolute atomic E-state index is 0.116. The van der Waals surface area contributed by atoms with Crippen LogP contribution in [0.4, 0.5) is 0 Å². The van der Waals surface area contributed by atoms with E-state index in [1.54, 1.807) is 0 Å². The van der Waals surface area contributed by atoms with E-state index in [2.05, 4.69) is 15.9 Å². The lowest BCUT2D eigenvalue weighted by atomic mass is 9.73. The fraction of sp³-hybridized carbons (Fsp3) is 0.667. The van der Waals surface area contributed by atoms with Gasteiger partial charge in [-0.1, -0.05) is 53.2 Å². The van der Waals surface area contributed by atoms with Crippen LogP contribution in [0.2, 0.25) is 0 Å². The van der Waals surface area contributed by atoms with Crippen LogP contribution >= 0.6 is 15.9 Å². The monoisotopic (exact) mass is 494 g/mol. The average Bonchev–Trinajstić information content (AvgIpc) is 3.01. The molecule has 1 saturated heterocycles. The minimum Gasteiger partial charge on any atom is -0.461 e. The first-order valence-corrected chi connectivity index (χ1v) is 12.3. The van der Waals surface area contributed by atoms with Gasteiger partial charge in [0, 0.05) is 18.9 Å². The lowest BCUT2D eigenvalue weighted by Crippen LogP contribution is -2.44. The Morgan fingerprint density at radius 2 is 1.87 bits per heavy atom. The topological polar surface area (TPSA) is 71.1 Å². The lowest BCUT2D eigenvalue weighted by molar-refractivity contribution is -0.213. The molecule has 4 rings (SSSR count). The van der Waals surface area contributed by atoms with Crippen LogP contribution in [0.1, 0.15) is 63.5 Å². The Hall–Kier alpha value is -1.44.